The van der Waals surface area contributed by atoms with Gasteiger partial charge >= 0.3 is 0 Å². The number of morpholine rings is 1. The SMILES string of the molecule is C[C@H]1CO[C@@H](CO)CN1C(=O)c1ccc2[nH]c(=S)oc2c1. The lowest BCUT2D eigenvalue weighted by Gasteiger charge is -2.37. The van der Waals surface area contributed by atoms with E-state index >= 15 is 0 Å². The molecule has 0 aliphatic carbocycles. The summed E-state index contributed by atoms with van der Waals surface area (Å²) in [5.41, 5.74) is 1.86. The van der Waals surface area contributed by atoms with Crippen LogP contribution in [-0.2, 0) is 4.74 Å². The van der Waals surface area contributed by atoms with Crippen LogP contribution in [0.5, 0.6) is 0 Å². The fourth-order valence-corrected chi connectivity index (χ4v) is 2.65. The molecule has 3 rings (SSSR count). The van der Waals surface area contributed by atoms with Gasteiger partial charge in [-0.1, -0.05) is 0 Å². The Labute approximate surface area is 126 Å². The smallest absolute Gasteiger partial charge is 0.266 e. The van der Waals surface area contributed by atoms with Gasteiger partial charge in [0.05, 0.1) is 30.9 Å². The largest absolute Gasteiger partial charge is 0.429 e. The van der Waals surface area contributed by atoms with E-state index in [1.54, 1.807) is 23.1 Å². The molecule has 1 aromatic carbocycles. The third-order valence-corrected chi connectivity index (χ3v) is 3.82. The Kier molecular flexibility index (Phi) is 3.79. The van der Waals surface area contributed by atoms with Crippen LogP contribution >= 0.6 is 12.2 Å². The van der Waals surface area contributed by atoms with E-state index in [1.807, 2.05) is 6.92 Å². The molecular weight excluding hydrogens is 292 g/mol. The molecule has 2 atom stereocenters. The number of fused-ring (bicyclic) bond motifs is 1. The zero-order chi connectivity index (χ0) is 15.0. The van der Waals surface area contributed by atoms with Crippen molar-refractivity contribution in [3.05, 3.63) is 28.6 Å². The van der Waals surface area contributed by atoms with Crippen LogP contribution in [0.1, 0.15) is 17.3 Å². The van der Waals surface area contributed by atoms with Crippen LogP contribution in [0.15, 0.2) is 22.6 Å². The number of nitrogens with one attached hydrogen (secondary N) is 1. The van der Waals surface area contributed by atoms with Crippen LogP contribution in [0.4, 0.5) is 0 Å². The number of oxazole rings is 1. The average molecular weight is 308 g/mol. The van der Waals surface area contributed by atoms with E-state index in [9.17, 15) is 9.90 Å². The Bertz CT molecular complexity index is 723. The molecule has 1 aromatic heterocycles. The molecular formula is C14H16N2O4S. The number of nitrogens with zero attached hydrogens (tertiary/aromatic N) is 1. The number of ether oxygens (including phenoxy) is 1. The quantitative estimate of drug-likeness (QED) is 0.826. The van der Waals surface area contributed by atoms with E-state index in [2.05, 4.69) is 4.98 Å². The van der Waals surface area contributed by atoms with E-state index in [0.29, 0.717) is 24.3 Å². The summed E-state index contributed by atoms with van der Waals surface area (Å²) in [7, 11) is 0. The molecule has 1 fully saturated rings. The van der Waals surface area contributed by atoms with Gasteiger partial charge in [-0.2, -0.15) is 0 Å². The Morgan fingerprint density at radius 1 is 1.57 bits per heavy atom. The van der Waals surface area contributed by atoms with Gasteiger partial charge in [0.15, 0.2) is 5.58 Å². The Morgan fingerprint density at radius 3 is 3.14 bits per heavy atom. The molecule has 7 heteroatoms. The van der Waals surface area contributed by atoms with Crippen LogP contribution < -0.4 is 0 Å². The van der Waals surface area contributed by atoms with Crippen molar-refractivity contribution >= 4 is 29.2 Å². The normalized spacial score (nSPS) is 22.7. The van der Waals surface area contributed by atoms with Crippen molar-refractivity contribution < 1.29 is 19.1 Å². The maximum Gasteiger partial charge on any atom is 0.266 e. The number of benzene rings is 1. The average Bonchev–Trinajstić information content (AvgIpc) is 2.86. The van der Waals surface area contributed by atoms with E-state index in [4.69, 9.17) is 21.4 Å². The van der Waals surface area contributed by atoms with Crippen molar-refractivity contribution in [2.45, 2.75) is 19.1 Å². The predicted molar refractivity (Wildman–Crippen MR) is 78.7 cm³/mol. The number of amides is 1. The minimum absolute atomic E-state index is 0.0336. The number of carbonyl (C=O) groups is 1. The number of aromatic amines is 1. The van der Waals surface area contributed by atoms with Crippen molar-refractivity contribution in [1.29, 1.82) is 0 Å². The van der Waals surface area contributed by atoms with Crippen molar-refractivity contribution in [3.8, 4) is 0 Å². The molecule has 0 bridgehead atoms. The minimum atomic E-state index is -0.329. The van der Waals surface area contributed by atoms with Crippen LogP contribution in [0.2, 0.25) is 0 Å². The van der Waals surface area contributed by atoms with Crippen molar-refractivity contribution in [1.82, 2.24) is 9.88 Å². The zero-order valence-corrected chi connectivity index (χ0v) is 12.4. The molecule has 112 valence electrons. The lowest BCUT2D eigenvalue weighted by molar-refractivity contribution is -0.0667. The fourth-order valence-electron chi connectivity index (χ4n) is 2.46. The maximum atomic E-state index is 12.6. The third-order valence-electron chi connectivity index (χ3n) is 3.64. The first-order valence-corrected chi connectivity index (χ1v) is 7.15. The molecule has 6 nitrogen and oxygen atoms in total. The summed E-state index contributed by atoms with van der Waals surface area (Å²) in [5, 5.41) is 9.20. The van der Waals surface area contributed by atoms with Gasteiger partial charge in [-0.15, -0.1) is 0 Å². The van der Waals surface area contributed by atoms with Gasteiger partial charge in [-0.3, -0.25) is 4.79 Å². The highest BCUT2D eigenvalue weighted by Crippen LogP contribution is 2.19. The topological polar surface area (TPSA) is 78.7 Å². The number of hydrogen-bond acceptors (Lipinski definition) is 5. The number of hydrogen-bond donors (Lipinski definition) is 2. The van der Waals surface area contributed by atoms with E-state index < -0.39 is 0 Å². The second-order valence-corrected chi connectivity index (χ2v) is 5.54. The first-order valence-electron chi connectivity index (χ1n) is 6.75. The molecule has 0 unspecified atom stereocenters. The van der Waals surface area contributed by atoms with Crippen LogP contribution in [0.3, 0.4) is 0 Å². The number of aromatic nitrogens is 1. The van der Waals surface area contributed by atoms with Crippen LogP contribution in [-0.4, -0.2) is 52.8 Å². The van der Waals surface area contributed by atoms with E-state index in [0.717, 1.165) is 5.52 Å². The highest BCUT2D eigenvalue weighted by molar-refractivity contribution is 7.71. The van der Waals surface area contributed by atoms with Gasteiger partial charge in [0.1, 0.15) is 0 Å². The highest BCUT2D eigenvalue weighted by Gasteiger charge is 2.30. The van der Waals surface area contributed by atoms with Gasteiger partial charge in [0.25, 0.3) is 10.7 Å². The number of rotatable bonds is 2. The number of aliphatic hydroxyl groups excluding tert-OH is 1. The predicted octanol–water partition coefficient (Wildman–Crippen LogP) is 1.71. The lowest BCUT2D eigenvalue weighted by Crippen LogP contribution is -2.52. The number of aliphatic hydroxyl groups is 1. The van der Waals surface area contributed by atoms with E-state index in [1.165, 1.54) is 0 Å². The second kappa shape index (κ2) is 5.59. The van der Waals surface area contributed by atoms with Crippen molar-refractivity contribution in [2.75, 3.05) is 19.8 Å². The summed E-state index contributed by atoms with van der Waals surface area (Å²) >= 11 is 4.94. The first-order chi connectivity index (χ1) is 10.1. The lowest BCUT2D eigenvalue weighted by atomic mass is 10.1. The molecule has 1 saturated heterocycles. The van der Waals surface area contributed by atoms with Gasteiger partial charge in [0, 0.05) is 12.1 Å². The summed E-state index contributed by atoms with van der Waals surface area (Å²) in [6, 6.07) is 5.16. The van der Waals surface area contributed by atoms with E-state index in [-0.39, 0.29) is 29.5 Å². The Hall–Kier alpha value is -1.70. The van der Waals surface area contributed by atoms with Gasteiger partial charge in [-0.25, -0.2) is 0 Å². The van der Waals surface area contributed by atoms with Crippen LogP contribution in [0, 0.1) is 4.84 Å². The molecule has 0 radical (unpaired) electrons. The Morgan fingerprint density at radius 2 is 2.38 bits per heavy atom. The summed E-state index contributed by atoms with van der Waals surface area (Å²) in [6.07, 6.45) is -0.329. The summed E-state index contributed by atoms with van der Waals surface area (Å²) in [5.74, 6) is -0.103. The molecule has 0 saturated carbocycles. The van der Waals surface area contributed by atoms with Crippen molar-refractivity contribution in [2.24, 2.45) is 0 Å². The minimum Gasteiger partial charge on any atom is -0.429 e. The maximum absolute atomic E-state index is 12.6. The van der Waals surface area contributed by atoms with Crippen molar-refractivity contribution in [3.63, 3.8) is 0 Å². The molecule has 2 N–H and O–H groups in total. The zero-order valence-electron chi connectivity index (χ0n) is 11.5. The molecule has 21 heavy (non-hydrogen) atoms. The molecule has 2 heterocycles. The van der Waals surface area contributed by atoms with Crippen LogP contribution in [0.25, 0.3) is 11.1 Å². The highest BCUT2D eigenvalue weighted by atomic mass is 32.1. The number of carbonyl (C=O) groups excluding carboxylic acids is 1. The summed E-state index contributed by atoms with van der Waals surface area (Å²) in [4.78, 5) is 17.5. The first kappa shape index (κ1) is 14.2. The summed E-state index contributed by atoms with van der Waals surface area (Å²) in [6.45, 7) is 2.63. The standard InChI is InChI=1S/C14H16N2O4S/c1-8-7-19-10(6-17)5-16(8)13(18)9-2-3-11-12(4-9)20-14(21)15-11/h2-4,8,10,17H,5-7H2,1H3,(H,15,21)/t8-,10+/m0/s1. The van der Waals surface area contributed by atoms with Gasteiger partial charge in [0.2, 0.25) is 0 Å². The molecule has 1 aliphatic heterocycles. The second-order valence-electron chi connectivity index (χ2n) is 5.17. The molecule has 1 aliphatic rings. The molecule has 1 amide bonds. The van der Waals surface area contributed by atoms with Gasteiger partial charge < -0.3 is 24.1 Å². The van der Waals surface area contributed by atoms with Gasteiger partial charge in [-0.05, 0) is 37.3 Å². The summed E-state index contributed by atoms with van der Waals surface area (Å²) < 4.78 is 10.8. The molecule has 0 spiro atoms. The third kappa shape index (κ3) is 2.72. The molecule has 2 aromatic rings. The Balaban J connectivity index is 1.89. The fraction of sp³-hybridized carbons (Fsp3) is 0.429. The monoisotopic (exact) mass is 308 g/mol. The number of H-pyrrole nitrogens is 1.